The quantitative estimate of drug-likeness (QED) is 0.414. The number of benzene rings is 3. The van der Waals surface area contributed by atoms with Crippen molar-refractivity contribution in [3.8, 4) is 16.9 Å². The molecule has 0 bridgehead atoms. The summed E-state index contributed by atoms with van der Waals surface area (Å²) in [6.45, 7) is 0.806. The predicted octanol–water partition coefficient (Wildman–Crippen LogP) is 5.59. The zero-order valence-corrected chi connectivity index (χ0v) is 17.6. The second-order valence-electron chi connectivity index (χ2n) is 7.83. The van der Waals surface area contributed by atoms with Gasteiger partial charge in [-0.2, -0.15) is 0 Å². The van der Waals surface area contributed by atoms with Gasteiger partial charge in [0.2, 0.25) is 0 Å². The number of thiophene rings is 1. The van der Waals surface area contributed by atoms with Gasteiger partial charge in [0, 0.05) is 28.2 Å². The lowest BCUT2D eigenvalue weighted by atomic mass is 10.0. The van der Waals surface area contributed by atoms with Crippen LogP contribution < -0.4 is 10.1 Å². The number of aliphatic hydroxyl groups excluding tert-OH is 1. The number of aliphatic hydroxyl groups is 1. The smallest absolute Gasteiger partial charge is 0.119 e. The summed E-state index contributed by atoms with van der Waals surface area (Å²) in [6.07, 6.45) is 1.65. The van der Waals surface area contributed by atoms with E-state index in [0.717, 1.165) is 18.6 Å². The van der Waals surface area contributed by atoms with Crippen molar-refractivity contribution in [2.45, 2.75) is 25.0 Å². The molecule has 0 amide bonds. The van der Waals surface area contributed by atoms with Crippen molar-refractivity contribution in [1.29, 1.82) is 0 Å². The van der Waals surface area contributed by atoms with E-state index >= 15 is 0 Å². The average Bonchev–Trinajstić information content (AvgIpc) is 3.41. The van der Waals surface area contributed by atoms with Crippen LogP contribution in [0.1, 0.15) is 23.6 Å². The van der Waals surface area contributed by atoms with Gasteiger partial charge in [0.05, 0.1) is 0 Å². The summed E-state index contributed by atoms with van der Waals surface area (Å²) in [5, 5.41) is 17.3. The Morgan fingerprint density at radius 1 is 1.00 bits per heavy atom. The van der Waals surface area contributed by atoms with E-state index in [9.17, 15) is 5.11 Å². The van der Waals surface area contributed by atoms with Crippen LogP contribution in [0.3, 0.4) is 0 Å². The van der Waals surface area contributed by atoms with Crippen LogP contribution in [0.15, 0.2) is 78.2 Å². The van der Waals surface area contributed by atoms with Gasteiger partial charge in [-0.05, 0) is 53.1 Å². The Balaban J connectivity index is 1.15. The average molecular weight is 416 g/mol. The highest BCUT2D eigenvalue weighted by Crippen LogP contribution is 2.34. The van der Waals surface area contributed by atoms with Gasteiger partial charge in [0.15, 0.2) is 0 Å². The molecule has 4 aromatic rings. The second-order valence-corrected chi connectivity index (χ2v) is 8.74. The minimum atomic E-state index is -0.543. The number of aryl methyl sites for hydroxylation is 1. The van der Waals surface area contributed by atoms with Gasteiger partial charge in [-0.1, -0.05) is 54.6 Å². The summed E-state index contributed by atoms with van der Waals surface area (Å²) in [7, 11) is 0. The van der Waals surface area contributed by atoms with E-state index in [1.165, 1.54) is 32.3 Å². The Labute approximate surface area is 181 Å². The molecule has 30 heavy (non-hydrogen) atoms. The molecular weight excluding hydrogens is 390 g/mol. The third-order valence-electron chi connectivity index (χ3n) is 5.82. The molecule has 0 saturated carbocycles. The molecule has 1 aromatic heterocycles. The van der Waals surface area contributed by atoms with Crippen LogP contribution in [0.2, 0.25) is 0 Å². The first-order valence-electron chi connectivity index (χ1n) is 10.5. The summed E-state index contributed by atoms with van der Waals surface area (Å²) in [6, 6.07) is 25.5. The largest absolute Gasteiger partial charge is 0.491 e. The highest BCUT2D eigenvalue weighted by molar-refractivity contribution is 7.17. The van der Waals surface area contributed by atoms with Crippen molar-refractivity contribution >= 4 is 21.4 Å². The number of rotatable bonds is 7. The number of nitrogens with one attached hydrogen (secondary N) is 1. The maximum Gasteiger partial charge on any atom is 0.119 e. The predicted molar refractivity (Wildman–Crippen MR) is 124 cm³/mol. The summed E-state index contributed by atoms with van der Waals surface area (Å²) in [4.78, 5) is 0. The van der Waals surface area contributed by atoms with Crippen molar-refractivity contribution < 1.29 is 9.84 Å². The third kappa shape index (κ3) is 3.99. The SMILES string of the molecule is O[C@H](CNC1CCc2ccccc21)COc1ccc(-c2csc3ccccc23)cc1. The van der Waals surface area contributed by atoms with Gasteiger partial charge >= 0.3 is 0 Å². The van der Waals surface area contributed by atoms with Crippen molar-refractivity contribution in [2.24, 2.45) is 0 Å². The number of fused-ring (bicyclic) bond motifs is 2. The van der Waals surface area contributed by atoms with Crippen molar-refractivity contribution in [1.82, 2.24) is 5.32 Å². The molecule has 1 unspecified atom stereocenters. The highest BCUT2D eigenvalue weighted by Gasteiger charge is 2.22. The summed E-state index contributed by atoms with van der Waals surface area (Å²) < 4.78 is 7.12. The fraction of sp³-hybridized carbons (Fsp3) is 0.231. The third-order valence-corrected chi connectivity index (χ3v) is 6.78. The molecule has 0 saturated heterocycles. The Kier molecular flexibility index (Phi) is 5.54. The monoisotopic (exact) mass is 415 g/mol. The van der Waals surface area contributed by atoms with E-state index in [4.69, 9.17) is 4.74 Å². The van der Waals surface area contributed by atoms with Gasteiger partial charge < -0.3 is 15.2 Å². The molecule has 0 spiro atoms. The minimum Gasteiger partial charge on any atom is -0.491 e. The lowest BCUT2D eigenvalue weighted by molar-refractivity contribution is 0.103. The van der Waals surface area contributed by atoms with Crippen LogP contribution in [-0.4, -0.2) is 24.4 Å². The maximum atomic E-state index is 10.4. The Bertz CT molecular complexity index is 1140. The zero-order chi connectivity index (χ0) is 20.3. The van der Waals surface area contributed by atoms with Gasteiger partial charge in [0.1, 0.15) is 18.5 Å². The van der Waals surface area contributed by atoms with Gasteiger partial charge in [-0.3, -0.25) is 0 Å². The minimum absolute atomic E-state index is 0.280. The molecule has 152 valence electrons. The van der Waals surface area contributed by atoms with Crippen LogP contribution in [0.25, 0.3) is 21.2 Å². The van der Waals surface area contributed by atoms with E-state index < -0.39 is 6.10 Å². The summed E-state index contributed by atoms with van der Waals surface area (Å²) >= 11 is 1.77. The normalized spacial score (nSPS) is 16.5. The van der Waals surface area contributed by atoms with Crippen molar-refractivity contribution in [3.05, 3.63) is 89.3 Å². The molecule has 4 heteroatoms. The number of ether oxygens (including phenoxy) is 1. The number of hydrogen-bond donors (Lipinski definition) is 2. The first kappa shape index (κ1) is 19.3. The molecule has 1 aliphatic carbocycles. The van der Waals surface area contributed by atoms with Gasteiger partial charge in [-0.25, -0.2) is 0 Å². The fourth-order valence-corrected chi connectivity index (χ4v) is 5.20. The molecule has 2 atom stereocenters. The Morgan fingerprint density at radius 2 is 1.80 bits per heavy atom. The lowest BCUT2D eigenvalue weighted by Crippen LogP contribution is -2.33. The molecular formula is C26H25NO2S. The van der Waals surface area contributed by atoms with Crippen molar-refractivity contribution in [3.63, 3.8) is 0 Å². The van der Waals surface area contributed by atoms with Gasteiger partial charge in [-0.15, -0.1) is 11.3 Å². The molecule has 1 heterocycles. The molecule has 2 N–H and O–H groups in total. The van der Waals surface area contributed by atoms with Gasteiger partial charge in [0.25, 0.3) is 0 Å². The van der Waals surface area contributed by atoms with E-state index in [-0.39, 0.29) is 6.61 Å². The number of hydrogen-bond acceptors (Lipinski definition) is 4. The molecule has 1 aliphatic rings. The zero-order valence-electron chi connectivity index (χ0n) is 16.8. The molecule has 0 aliphatic heterocycles. The van der Waals surface area contributed by atoms with E-state index in [0.29, 0.717) is 12.6 Å². The topological polar surface area (TPSA) is 41.5 Å². The Hall–Kier alpha value is -2.66. The van der Waals surface area contributed by atoms with E-state index in [2.05, 4.69) is 71.4 Å². The summed E-state index contributed by atoms with van der Waals surface area (Å²) in [5.74, 6) is 0.781. The lowest BCUT2D eigenvalue weighted by Gasteiger charge is -2.18. The molecule has 0 radical (unpaired) electrons. The molecule has 3 aromatic carbocycles. The van der Waals surface area contributed by atoms with Crippen molar-refractivity contribution in [2.75, 3.05) is 13.2 Å². The van der Waals surface area contributed by atoms with Crippen LogP contribution >= 0.6 is 11.3 Å². The second kappa shape index (κ2) is 8.60. The summed E-state index contributed by atoms with van der Waals surface area (Å²) in [5.41, 5.74) is 5.21. The van der Waals surface area contributed by atoms with E-state index in [1.54, 1.807) is 11.3 Å². The van der Waals surface area contributed by atoms with Crippen LogP contribution in [-0.2, 0) is 6.42 Å². The standard InChI is InChI=1S/C26H25NO2S/c28-20(15-27-25-14-11-18-5-1-2-6-22(18)25)16-29-21-12-9-19(10-13-21)24-17-30-26-8-4-3-7-23(24)26/h1-10,12-13,17,20,25,27-28H,11,14-16H2/t20-,25?/m1/s1. The fourth-order valence-electron chi connectivity index (χ4n) is 4.23. The molecule has 3 nitrogen and oxygen atoms in total. The van der Waals surface area contributed by atoms with Crippen LogP contribution in [0.4, 0.5) is 0 Å². The van der Waals surface area contributed by atoms with Crippen LogP contribution in [0.5, 0.6) is 5.75 Å². The van der Waals surface area contributed by atoms with E-state index in [1.807, 2.05) is 12.1 Å². The Morgan fingerprint density at radius 3 is 2.70 bits per heavy atom. The van der Waals surface area contributed by atoms with Crippen LogP contribution in [0, 0.1) is 0 Å². The first-order valence-corrected chi connectivity index (χ1v) is 11.3. The molecule has 0 fully saturated rings. The maximum absolute atomic E-state index is 10.4. The molecule has 5 rings (SSSR count). The highest BCUT2D eigenvalue weighted by atomic mass is 32.1. The first-order chi connectivity index (χ1) is 14.8.